The third kappa shape index (κ3) is 3.71. The van der Waals surface area contributed by atoms with Crippen molar-refractivity contribution in [1.29, 1.82) is 0 Å². The summed E-state index contributed by atoms with van der Waals surface area (Å²) in [5, 5.41) is 17.8. The second-order valence-corrected chi connectivity index (χ2v) is 5.17. The van der Waals surface area contributed by atoms with Crippen molar-refractivity contribution < 1.29 is 19.4 Å². The second-order valence-electron chi connectivity index (χ2n) is 5.17. The summed E-state index contributed by atoms with van der Waals surface area (Å²) in [6, 6.07) is 3.81. The van der Waals surface area contributed by atoms with Gasteiger partial charge < -0.3 is 19.5 Å². The molecule has 5 heteroatoms. The molecule has 1 saturated carbocycles. The van der Waals surface area contributed by atoms with E-state index in [0.29, 0.717) is 17.6 Å². The van der Waals surface area contributed by atoms with Crippen LogP contribution in [0.5, 0.6) is 0 Å². The van der Waals surface area contributed by atoms with Gasteiger partial charge in [0, 0.05) is 25.1 Å². The minimum Gasteiger partial charge on any atom is -0.461 e. The maximum Gasteiger partial charge on any atom is 0.246 e. The Bertz CT molecular complexity index is 474. The zero-order valence-corrected chi connectivity index (χ0v) is 11.7. The lowest BCUT2D eigenvalue weighted by atomic mass is 10.3. The summed E-state index contributed by atoms with van der Waals surface area (Å²) in [7, 11) is 0. The van der Waals surface area contributed by atoms with E-state index in [1.165, 1.54) is 11.0 Å². The minimum absolute atomic E-state index is 0.121. The highest BCUT2D eigenvalue weighted by Crippen LogP contribution is 2.47. The van der Waals surface area contributed by atoms with E-state index in [0.717, 1.165) is 12.2 Å². The van der Waals surface area contributed by atoms with Gasteiger partial charge in [-0.15, -0.1) is 0 Å². The Kier molecular flexibility index (Phi) is 4.98. The molecule has 0 spiro atoms. The number of carbonyl (C=O) groups excluding carboxylic acids is 1. The standard InChI is InChI=1S/C15H21NO4/c1-11-10-13(11)14-4-2-12(20-14)3-5-15(19)16(6-8-17)7-9-18/h2-5,11,13,17-18H,6-10H2,1H3. The van der Waals surface area contributed by atoms with Gasteiger partial charge in [0.2, 0.25) is 5.91 Å². The molecule has 2 atom stereocenters. The molecular weight excluding hydrogens is 258 g/mol. The first-order chi connectivity index (χ1) is 9.65. The zero-order valence-electron chi connectivity index (χ0n) is 11.7. The number of carbonyl (C=O) groups is 1. The Labute approximate surface area is 118 Å². The summed E-state index contributed by atoms with van der Waals surface area (Å²) in [5.41, 5.74) is 0. The molecule has 2 rings (SSSR count). The van der Waals surface area contributed by atoms with E-state index in [2.05, 4.69) is 6.92 Å². The van der Waals surface area contributed by atoms with Gasteiger partial charge in [0.05, 0.1) is 13.2 Å². The van der Waals surface area contributed by atoms with Crippen molar-refractivity contribution in [3.8, 4) is 0 Å². The summed E-state index contributed by atoms with van der Waals surface area (Å²) in [4.78, 5) is 13.3. The van der Waals surface area contributed by atoms with Gasteiger partial charge in [0.1, 0.15) is 11.5 Å². The van der Waals surface area contributed by atoms with Crippen LogP contribution in [0.15, 0.2) is 22.6 Å². The molecule has 1 aromatic rings. The number of hydrogen-bond acceptors (Lipinski definition) is 4. The number of nitrogens with zero attached hydrogens (tertiary/aromatic N) is 1. The van der Waals surface area contributed by atoms with E-state index in [1.54, 1.807) is 6.08 Å². The molecular formula is C15H21NO4. The number of hydrogen-bond donors (Lipinski definition) is 2. The molecule has 0 radical (unpaired) electrons. The molecule has 0 aromatic carbocycles. The summed E-state index contributed by atoms with van der Waals surface area (Å²) < 4.78 is 5.67. The molecule has 2 N–H and O–H groups in total. The summed E-state index contributed by atoms with van der Waals surface area (Å²) in [5.74, 6) is 2.59. The Hall–Kier alpha value is -1.59. The number of rotatable bonds is 7. The van der Waals surface area contributed by atoms with Crippen LogP contribution in [0.3, 0.4) is 0 Å². The van der Waals surface area contributed by atoms with Crippen LogP contribution in [0, 0.1) is 5.92 Å². The molecule has 1 aliphatic rings. The summed E-state index contributed by atoms with van der Waals surface area (Å²) >= 11 is 0. The normalized spacial score (nSPS) is 21.4. The van der Waals surface area contributed by atoms with Crippen LogP contribution in [0.2, 0.25) is 0 Å². The average Bonchev–Trinajstić information content (AvgIpc) is 2.99. The topological polar surface area (TPSA) is 73.9 Å². The number of furan rings is 1. The lowest BCUT2D eigenvalue weighted by molar-refractivity contribution is -0.126. The van der Waals surface area contributed by atoms with Crippen molar-refractivity contribution in [2.45, 2.75) is 19.3 Å². The molecule has 1 heterocycles. The first kappa shape index (κ1) is 14.8. The van der Waals surface area contributed by atoms with E-state index in [1.807, 2.05) is 12.1 Å². The smallest absolute Gasteiger partial charge is 0.246 e. The Balaban J connectivity index is 1.93. The maximum atomic E-state index is 11.9. The summed E-state index contributed by atoms with van der Waals surface area (Å²) in [6.45, 7) is 2.38. The minimum atomic E-state index is -0.245. The van der Waals surface area contributed by atoms with Crippen LogP contribution in [-0.2, 0) is 4.79 Å². The SMILES string of the molecule is CC1CC1c1ccc(C=CC(=O)N(CCO)CCO)o1. The first-order valence-corrected chi connectivity index (χ1v) is 6.94. The fourth-order valence-corrected chi connectivity index (χ4v) is 2.21. The van der Waals surface area contributed by atoms with Gasteiger partial charge in [-0.1, -0.05) is 6.92 Å². The van der Waals surface area contributed by atoms with Crippen molar-refractivity contribution in [2.24, 2.45) is 5.92 Å². The van der Waals surface area contributed by atoms with Crippen LogP contribution in [0.1, 0.15) is 30.8 Å². The predicted molar refractivity (Wildman–Crippen MR) is 75.0 cm³/mol. The van der Waals surface area contributed by atoms with Gasteiger partial charge in [-0.3, -0.25) is 4.79 Å². The first-order valence-electron chi connectivity index (χ1n) is 6.94. The third-order valence-corrected chi connectivity index (χ3v) is 3.56. The van der Waals surface area contributed by atoms with E-state index in [-0.39, 0.29) is 32.2 Å². The Morgan fingerprint density at radius 3 is 2.60 bits per heavy atom. The molecule has 1 amide bonds. The monoisotopic (exact) mass is 279 g/mol. The maximum absolute atomic E-state index is 11.9. The lowest BCUT2D eigenvalue weighted by Crippen LogP contribution is -2.34. The van der Waals surface area contributed by atoms with Crippen LogP contribution in [0.25, 0.3) is 6.08 Å². The average molecular weight is 279 g/mol. The molecule has 2 unspecified atom stereocenters. The fourth-order valence-electron chi connectivity index (χ4n) is 2.21. The van der Waals surface area contributed by atoms with E-state index in [9.17, 15) is 4.79 Å². The molecule has 0 bridgehead atoms. The van der Waals surface area contributed by atoms with Crippen LogP contribution in [-0.4, -0.2) is 47.3 Å². The largest absolute Gasteiger partial charge is 0.461 e. The van der Waals surface area contributed by atoms with E-state index >= 15 is 0 Å². The molecule has 5 nitrogen and oxygen atoms in total. The fraction of sp³-hybridized carbons (Fsp3) is 0.533. The van der Waals surface area contributed by atoms with Crippen LogP contribution < -0.4 is 0 Å². The quantitative estimate of drug-likeness (QED) is 0.736. The van der Waals surface area contributed by atoms with Gasteiger partial charge in [-0.25, -0.2) is 0 Å². The molecule has 20 heavy (non-hydrogen) atoms. The van der Waals surface area contributed by atoms with Gasteiger partial charge in [0.15, 0.2) is 0 Å². The van der Waals surface area contributed by atoms with E-state index < -0.39 is 0 Å². The second kappa shape index (κ2) is 6.72. The third-order valence-electron chi connectivity index (χ3n) is 3.56. The highest BCUT2D eigenvalue weighted by Gasteiger charge is 2.36. The van der Waals surface area contributed by atoms with Gasteiger partial charge in [-0.2, -0.15) is 0 Å². The highest BCUT2D eigenvalue weighted by molar-refractivity contribution is 5.91. The summed E-state index contributed by atoms with van der Waals surface area (Å²) in [6.07, 6.45) is 4.20. The molecule has 110 valence electrons. The van der Waals surface area contributed by atoms with Crippen LogP contribution >= 0.6 is 0 Å². The molecule has 0 saturated heterocycles. The van der Waals surface area contributed by atoms with Crippen LogP contribution in [0.4, 0.5) is 0 Å². The van der Waals surface area contributed by atoms with Crippen molar-refractivity contribution in [2.75, 3.05) is 26.3 Å². The lowest BCUT2D eigenvalue weighted by Gasteiger charge is -2.18. The van der Waals surface area contributed by atoms with Gasteiger partial charge >= 0.3 is 0 Å². The molecule has 0 aliphatic heterocycles. The number of aliphatic hydroxyl groups excluding tert-OH is 2. The van der Waals surface area contributed by atoms with Crippen molar-refractivity contribution in [3.05, 3.63) is 29.7 Å². The molecule has 1 fully saturated rings. The van der Waals surface area contributed by atoms with Crippen molar-refractivity contribution >= 4 is 12.0 Å². The van der Waals surface area contributed by atoms with Gasteiger partial charge in [0.25, 0.3) is 0 Å². The zero-order chi connectivity index (χ0) is 14.5. The predicted octanol–water partition coefficient (Wildman–Crippen LogP) is 1.23. The highest BCUT2D eigenvalue weighted by atomic mass is 16.3. The molecule has 1 aromatic heterocycles. The van der Waals surface area contributed by atoms with Crippen molar-refractivity contribution in [3.63, 3.8) is 0 Å². The Morgan fingerprint density at radius 1 is 1.40 bits per heavy atom. The molecule has 1 aliphatic carbocycles. The number of aliphatic hydroxyl groups is 2. The van der Waals surface area contributed by atoms with E-state index in [4.69, 9.17) is 14.6 Å². The Morgan fingerprint density at radius 2 is 2.05 bits per heavy atom. The number of amides is 1. The van der Waals surface area contributed by atoms with Crippen molar-refractivity contribution in [1.82, 2.24) is 4.90 Å². The van der Waals surface area contributed by atoms with Gasteiger partial charge in [-0.05, 0) is 30.5 Å².